The van der Waals surface area contributed by atoms with E-state index < -0.39 is 0 Å². The lowest BCUT2D eigenvalue weighted by molar-refractivity contribution is -0.123. The summed E-state index contributed by atoms with van der Waals surface area (Å²) in [4.78, 5) is 11.8. The number of carbonyl (C=O) groups is 1. The van der Waals surface area contributed by atoms with Crippen LogP contribution in [0.25, 0.3) is 0 Å². The van der Waals surface area contributed by atoms with Gasteiger partial charge in [-0.15, -0.1) is 0 Å². The summed E-state index contributed by atoms with van der Waals surface area (Å²) >= 11 is 0. The highest BCUT2D eigenvalue weighted by molar-refractivity contribution is 5.81. The van der Waals surface area contributed by atoms with Crippen LogP contribution in [0.1, 0.15) is 52.9 Å². The first-order valence-electron chi connectivity index (χ1n) is 6.71. The highest BCUT2D eigenvalue weighted by atomic mass is 16.2. The third kappa shape index (κ3) is 4.97. The predicted molar refractivity (Wildman–Crippen MR) is 67.3 cm³/mol. The molecule has 94 valence electrons. The van der Waals surface area contributed by atoms with Crippen LogP contribution in [-0.4, -0.2) is 24.5 Å². The Kier molecular flexibility index (Phi) is 5.81. The van der Waals surface area contributed by atoms with E-state index in [1.165, 1.54) is 19.3 Å². The molecule has 2 N–H and O–H groups in total. The van der Waals surface area contributed by atoms with Gasteiger partial charge in [0.1, 0.15) is 0 Å². The van der Waals surface area contributed by atoms with Gasteiger partial charge in [0.25, 0.3) is 0 Å². The number of amides is 1. The fourth-order valence-electron chi connectivity index (χ4n) is 1.82. The van der Waals surface area contributed by atoms with E-state index in [-0.39, 0.29) is 11.9 Å². The Morgan fingerprint density at radius 1 is 1.31 bits per heavy atom. The van der Waals surface area contributed by atoms with Gasteiger partial charge in [0.2, 0.25) is 5.91 Å². The molecule has 1 fully saturated rings. The van der Waals surface area contributed by atoms with Crippen molar-refractivity contribution in [1.82, 2.24) is 10.6 Å². The van der Waals surface area contributed by atoms with Gasteiger partial charge in [-0.2, -0.15) is 0 Å². The van der Waals surface area contributed by atoms with Gasteiger partial charge in [-0.25, -0.2) is 0 Å². The van der Waals surface area contributed by atoms with Crippen molar-refractivity contribution in [3.8, 4) is 0 Å². The zero-order chi connectivity index (χ0) is 12.0. The van der Waals surface area contributed by atoms with Crippen LogP contribution in [0.5, 0.6) is 0 Å². The molecule has 1 saturated carbocycles. The Balaban J connectivity index is 2.12. The number of hydrogen-bond acceptors (Lipinski definition) is 2. The topological polar surface area (TPSA) is 41.1 Å². The van der Waals surface area contributed by atoms with Crippen molar-refractivity contribution < 1.29 is 4.79 Å². The van der Waals surface area contributed by atoms with Crippen molar-refractivity contribution in [2.75, 3.05) is 6.54 Å². The van der Waals surface area contributed by atoms with Crippen LogP contribution in [0.4, 0.5) is 0 Å². The van der Waals surface area contributed by atoms with E-state index in [9.17, 15) is 4.79 Å². The van der Waals surface area contributed by atoms with Crippen LogP contribution in [0.15, 0.2) is 0 Å². The molecule has 0 saturated heterocycles. The zero-order valence-corrected chi connectivity index (χ0v) is 10.9. The second-order valence-corrected chi connectivity index (χ2v) is 4.93. The number of carbonyl (C=O) groups excluding carboxylic acids is 1. The Bertz CT molecular complexity index is 210. The molecule has 3 heteroatoms. The summed E-state index contributed by atoms with van der Waals surface area (Å²) in [7, 11) is 0. The first kappa shape index (κ1) is 13.5. The van der Waals surface area contributed by atoms with Crippen molar-refractivity contribution >= 4 is 5.91 Å². The van der Waals surface area contributed by atoms with Crippen LogP contribution in [0.3, 0.4) is 0 Å². The first-order chi connectivity index (χ1) is 7.67. The molecule has 0 bridgehead atoms. The summed E-state index contributed by atoms with van der Waals surface area (Å²) < 4.78 is 0. The van der Waals surface area contributed by atoms with Crippen LogP contribution < -0.4 is 10.6 Å². The normalized spacial score (nSPS) is 17.5. The van der Waals surface area contributed by atoms with E-state index in [1.807, 2.05) is 6.92 Å². The smallest absolute Gasteiger partial charge is 0.237 e. The van der Waals surface area contributed by atoms with Crippen LogP contribution >= 0.6 is 0 Å². The Hall–Kier alpha value is -0.570. The third-order valence-electron chi connectivity index (χ3n) is 3.43. The van der Waals surface area contributed by atoms with Gasteiger partial charge >= 0.3 is 0 Å². The van der Waals surface area contributed by atoms with Crippen molar-refractivity contribution in [2.45, 2.75) is 65.0 Å². The summed E-state index contributed by atoms with van der Waals surface area (Å²) in [5, 5.41) is 6.36. The average molecular weight is 226 g/mol. The highest BCUT2D eigenvalue weighted by Gasteiger charge is 2.21. The standard InChI is InChI=1S/C13H26N2O/c1-4-12(5-2)15-13(16)10(3)14-9-8-11-6-7-11/h10-12,14H,4-9H2,1-3H3,(H,15,16). The molecule has 1 unspecified atom stereocenters. The zero-order valence-electron chi connectivity index (χ0n) is 10.9. The number of nitrogens with one attached hydrogen (secondary N) is 2. The minimum Gasteiger partial charge on any atom is -0.352 e. The first-order valence-corrected chi connectivity index (χ1v) is 6.71. The lowest BCUT2D eigenvalue weighted by Gasteiger charge is -2.19. The molecule has 1 rings (SSSR count). The maximum atomic E-state index is 11.8. The maximum Gasteiger partial charge on any atom is 0.237 e. The van der Waals surface area contributed by atoms with Crippen LogP contribution in [0, 0.1) is 5.92 Å². The molecule has 0 radical (unpaired) electrons. The van der Waals surface area contributed by atoms with Crippen molar-refractivity contribution in [3.63, 3.8) is 0 Å². The second-order valence-electron chi connectivity index (χ2n) is 4.93. The third-order valence-corrected chi connectivity index (χ3v) is 3.43. The summed E-state index contributed by atoms with van der Waals surface area (Å²) in [6.45, 7) is 7.14. The Labute approximate surface area is 99.4 Å². The summed E-state index contributed by atoms with van der Waals surface area (Å²) in [6.07, 6.45) is 6.02. The van der Waals surface area contributed by atoms with Gasteiger partial charge in [-0.3, -0.25) is 4.79 Å². The molecule has 1 atom stereocenters. The summed E-state index contributed by atoms with van der Waals surface area (Å²) in [6, 6.07) is 0.277. The molecule has 3 nitrogen and oxygen atoms in total. The Morgan fingerprint density at radius 3 is 2.44 bits per heavy atom. The van der Waals surface area contributed by atoms with Gasteiger partial charge in [0.15, 0.2) is 0 Å². The number of rotatable bonds is 8. The minimum atomic E-state index is -0.0562. The molecule has 1 amide bonds. The van der Waals surface area contributed by atoms with Gasteiger partial charge in [-0.05, 0) is 38.6 Å². The van der Waals surface area contributed by atoms with E-state index in [1.54, 1.807) is 0 Å². The Morgan fingerprint density at radius 2 is 1.94 bits per heavy atom. The molecular formula is C13H26N2O. The summed E-state index contributed by atoms with van der Waals surface area (Å²) in [5.74, 6) is 1.08. The second kappa shape index (κ2) is 6.89. The van der Waals surface area contributed by atoms with Crippen molar-refractivity contribution in [3.05, 3.63) is 0 Å². The molecule has 0 aromatic rings. The van der Waals surface area contributed by atoms with E-state index in [0.29, 0.717) is 6.04 Å². The van der Waals surface area contributed by atoms with Gasteiger partial charge in [0, 0.05) is 6.04 Å². The highest BCUT2D eigenvalue weighted by Crippen LogP contribution is 2.31. The number of hydrogen-bond donors (Lipinski definition) is 2. The average Bonchev–Trinajstić information content (AvgIpc) is 3.09. The molecule has 1 aliphatic carbocycles. The SMILES string of the molecule is CCC(CC)NC(=O)C(C)NCCC1CC1. The molecule has 0 aromatic carbocycles. The van der Waals surface area contributed by atoms with Gasteiger partial charge in [0.05, 0.1) is 6.04 Å². The fourth-order valence-corrected chi connectivity index (χ4v) is 1.82. The van der Waals surface area contributed by atoms with Crippen molar-refractivity contribution in [2.24, 2.45) is 5.92 Å². The van der Waals surface area contributed by atoms with E-state index in [4.69, 9.17) is 0 Å². The lowest BCUT2D eigenvalue weighted by Crippen LogP contribution is -2.46. The van der Waals surface area contributed by atoms with E-state index in [0.717, 1.165) is 25.3 Å². The molecular weight excluding hydrogens is 200 g/mol. The van der Waals surface area contributed by atoms with Crippen LogP contribution in [0.2, 0.25) is 0 Å². The molecule has 0 aromatic heterocycles. The van der Waals surface area contributed by atoms with E-state index in [2.05, 4.69) is 24.5 Å². The molecule has 0 spiro atoms. The monoisotopic (exact) mass is 226 g/mol. The lowest BCUT2D eigenvalue weighted by atomic mass is 10.1. The predicted octanol–water partition coefficient (Wildman–Crippen LogP) is 2.07. The van der Waals surface area contributed by atoms with Gasteiger partial charge < -0.3 is 10.6 Å². The molecule has 0 aliphatic heterocycles. The summed E-state index contributed by atoms with van der Waals surface area (Å²) in [5.41, 5.74) is 0. The fraction of sp³-hybridized carbons (Fsp3) is 0.923. The van der Waals surface area contributed by atoms with Crippen LogP contribution in [-0.2, 0) is 4.79 Å². The molecule has 1 aliphatic rings. The quantitative estimate of drug-likeness (QED) is 0.665. The minimum absolute atomic E-state index is 0.0562. The van der Waals surface area contributed by atoms with Crippen molar-refractivity contribution in [1.29, 1.82) is 0 Å². The molecule has 16 heavy (non-hydrogen) atoms. The van der Waals surface area contributed by atoms with E-state index >= 15 is 0 Å². The maximum absolute atomic E-state index is 11.8. The largest absolute Gasteiger partial charge is 0.352 e. The van der Waals surface area contributed by atoms with Gasteiger partial charge in [-0.1, -0.05) is 26.7 Å². The molecule has 0 heterocycles.